The Balaban J connectivity index is 1.99. The molecule has 0 saturated heterocycles. The SMILES string of the molecule is CCOC(=O)c1cc(Cn2c(C)cc(-c3ccc(C#N)cc3)c2C=O)cnc1Cl. The largest absolute Gasteiger partial charge is 0.462 e. The van der Waals surface area contributed by atoms with Crippen LogP contribution >= 0.6 is 11.6 Å². The van der Waals surface area contributed by atoms with Crippen LogP contribution in [0.2, 0.25) is 5.15 Å². The van der Waals surface area contributed by atoms with Gasteiger partial charge in [0.25, 0.3) is 0 Å². The van der Waals surface area contributed by atoms with Crippen molar-refractivity contribution in [3.8, 4) is 17.2 Å². The van der Waals surface area contributed by atoms with Gasteiger partial charge in [-0.15, -0.1) is 0 Å². The number of pyridine rings is 1. The van der Waals surface area contributed by atoms with Crippen molar-refractivity contribution in [3.05, 3.63) is 75.8 Å². The highest BCUT2D eigenvalue weighted by Gasteiger charge is 2.17. The first kappa shape index (κ1) is 20.3. The minimum atomic E-state index is -0.537. The smallest absolute Gasteiger partial charge is 0.341 e. The first-order valence-corrected chi connectivity index (χ1v) is 9.33. The van der Waals surface area contributed by atoms with Crippen LogP contribution in [0.1, 0.15) is 44.6 Å². The normalized spacial score (nSPS) is 10.4. The van der Waals surface area contributed by atoms with Crippen LogP contribution in [-0.4, -0.2) is 28.4 Å². The summed E-state index contributed by atoms with van der Waals surface area (Å²) in [7, 11) is 0. The van der Waals surface area contributed by atoms with E-state index in [-0.39, 0.29) is 17.3 Å². The Bertz CT molecular complexity index is 1110. The number of rotatable bonds is 6. The van der Waals surface area contributed by atoms with Gasteiger partial charge in [0.15, 0.2) is 6.29 Å². The molecule has 2 heterocycles. The van der Waals surface area contributed by atoms with Crippen molar-refractivity contribution >= 4 is 23.9 Å². The Labute approximate surface area is 173 Å². The number of aldehydes is 1. The molecule has 0 radical (unpaired) electrons. The second-order valence-electron chi connectivity index (χ2n) is 6.38. The van der Waals surface area contributed by atoms with E-state index in [0.717, 1.165) is 23.1 Å². The predicted octanol–water partition coefficient (Wildman–Crippen LogP) is 4.42. The molecular weight excluding hydrogens is 390 g/mol. The highest BCUT2D eigenvalue weighted by molar-refractivity contribution is 6.32. The minimum Gasteiger partial charge on any atom is -0.462 e. The van der Waals surface area contributed by atoms with E-state index in [2.05, 4.69) is 11.1 Å². The molecule has 29 heavy (non-hydrogen) atoms. The van der Waals surface area contributed by atoms with Crippen molar-refractivity contribution in [2.24, 2.45) is 0 Å². The zero-order valence-electron chi connectivity index (χ0n) is 16.0. The summed E-state index contributed by atoms with van der Waals surface area (Å²) in [5.74, 6) is -0.537. The molecule has 146 valence electrons. The monoisotopic (exact) mass is 407 g/mol. The number of carbonyl (C=O) groups is 2. The van der Waals surface area contributed by atoms with Gasteiger partial charge < -0.3 is 9.30 Å². The molecule has 6 nitrogen and oxygen atoms in total. The minimum absolute atomic E-state index is 0.0744. The maximum absolute atomic E-state index is 12.1. The highest BCUT2D eigenvalue weighted by Crippen LogP contribution is 2.28. The number of benzene rings is 1. The summed E-state index contributed by atoms with van der Waals surface area (Å²) in [6, 6.07) is 12.7. The molecule has 0 aliphatic heterocycles. The van der Waals surface area contributed by atoms with Crippen molar-refractivity contribution in [3.63, 3.8) is 0 Å². The molecule has 0 spiro atoms. The zero-order chi connectivity index (χ0) is 21.0. The van der Waals surface area contributed by atoms with Crippen LogP contribution < -0.4 is 0 Å². The average Bonchev–Trinajstić information content (AvgIpc) is 3.04. The molecule has 0 aliphatic carbocycles. The Morgan fingerprint density at radius 2 is 2.03 bits per heavy atom. The third kappa shape index (κ3) is 4.20. The standard InChI is InChI=1S/C22H18ClN3O3/c1-3-29-22(28)19-9-16(11-25-21(19)23)12-26-14(2)8-18(20(26)13-27)17-6-4-15(10-24)5-7-17/h4-9,11,13H,3,12H2,1-2H3. The second kappa shape index (κ2) is 8.72. The van der Waals surface area contributed by atoms with E-state index in [1.165, 1.54) is 0 Å². The molecule has 0 bridgehead atoms. The number of aromatic nitrogens is 2. The maximum atomic E-state index is 12.1. The van der Waals surface area contributed by atoms with Crippen LogP contribution in [0.3, 0.4) is 0 Å². The maximum Gasteiger partial charge on any atom is 0.341 e. The number of carbonyl (C=O) groups excluding carboxylic acids is 2. The third-order valence-electron chi connectivity index (χ3n) is 4.51. The molecule has 0 atom stereocenters. The molecule has 3 rings (SSSR count). The fraction of sp³-hybridized carbons (Fsp3) is 0.182. The lowest BCUT2D eigenvalue weighted by atomic mass is 10.0. The summed E-state index contributed by atoms with van der Waals surface area (Å²) >= 11 is 6.03. The van der Waals surface area contributed by atoms with Crippen molar-refractivity contribution in [1.29, 1.82) is 5.26 Å². The topological polar surface area (TPSA) is 85.0 Å². The van der Waals surface area contributed by atoms with Crippen LogP contribution in [0.25, 0.3) is 11.1 Å². The predicted molar refractivity (Wildman–Crippen MR) is 109 cm³/mol. The van der Waals surface area contributed by atoms with Gasteiger partial charge in [0.05, 0.1) is 29.5 Å². The summed E-state index contributed by atoms with van der Waals surface area (Å²) in [5.41, 5.74) is 4.44. The molecule has 3 aromatic rings. The van der Waals surface area contributed by atoms with Gasteiger partial charge >= 0.3 is 5.97 Å². The number of aryl methyl sites for hydroxylation is 1. The molecule has 0 amide bonds. The molecule has 0 unspecified atom stereocenters. The molecule has 2 aromatic heterocycles. The molecule has 0 fully saturated rings. The quantitative estimate of drug-likeness (QED) is 0.343. The van der Waals surface area contributed by atoms with E-state index in [4.69, 9.17) is 21.6 Å². The van der Waals surface area contributed by atoms with E-state index in [0.29, 0.717) is 23.4 Å². The summed E-state index contributed by atoms with van der Waals surface area (Å²) in [6.45, 7) is 4.19. The van der Waals surface area contributed by atoms with Gasteiger partial charge in [0.1, 0.15) is 5.15 Å². The Kier molecular flexibility index (Phi) is 6.10. The number of esters is 1. The zero-order valence-corrected chi connectivity index (χ0v) is 16.7. The van der Waals surface area contributed by atoms with Crippen LogP contribution in [0.4, 0.5) is 0 Å². The van der Waals surface area contributed by atoms with Crippen molar-refractivity contribution in [2.45, 2.75) is 20.4 Å². The molecule has 1 aromatic carbocycles. The molecule has 0 aliphatic rings. The Hall–Kier alpha value is -3.43. The summed E-state index contributed by atoms with van der Waals surface area (Å²) in [5, 5.41) is 9.04. The van der Waals surface area contributed by atoms with Gasteiger partial charge in [-0.25, -0.2) is 9.78 Å². The van der Waals surface area contributed by atoms with E-state index in [9.17, 15) is 9.59 Å². The van der Waals surface area contributed by atoms with Gasteiger partial charge in [-0.1, -0.05) is 23.7 Å². The molecule has 7 heteroatoms. The lowest BCUT2D eigenvalue weighted by Crippen LogP contribution is -2.10. The average molecular weight is 408 g/mol. The number of hydrogen-bond acceptors (Lipinski definition) is 5. The third-order valence-corrected chi connectivity index (χ3v) is 4.82. The number of nitriles is 1. The number of halogens is 1. The van der Waals surface area contributed by atoms with Gasteiger partial charge in [0.2, 0.25) is 0 Å². The summed E-state index contributed by atoms with van der Waals surface area (Å²) in [6.07, 6.45) is 2.37. The molecule has 0 saturated carbocycles. The highest BCUT2D eigenvalue weighted by atomic mass is 35.5. The van der Waals surface area contributed by atoms with Crippen LogP contribution in [-0.2, 0) is 11.3 Å². The number of hydrogen-bond donors (Lipinski definition) is 0. The van der Waals surface area contributed by atoms with Gasteiger partial charge in [-0.3, -0.25) is 4.79 Å². The lowest BCUT2D eigenvalue weighted by molar-refractivity contribution is 0.0526. The Morgan fingerprint density at radius 1 is 1.31 bits per heavy atom. The summed E-state index contributed by atoms with van der Waals surface area (Å²) in [4.78, 5) is 28.0. The fourth-order valence-electron chi connectivity index (χ4n) is 3.10. The van der Waals surface area contributed by atoms with Gasteiger partial charge in [-0.05, 0) is 49.2 Å². The van der Waals surface area contributed by atoms with Gasteiger partial charge in [-0.2, -0.15) is 5.26 Å². The molecular formula is C22H18ClN3O3. The Morgan fingerprint density at radius 3 is 2.66 bits per heavy atom. The van der Waals surface area contributed by atoms with Crippen molar-refractivity contribution in [2.75, 3.05) is 6.61 Å². The van der Waals surface area contributed by atoms with Crippen molar-refractivity contribution < 1.29 is 14.3 Å². The van der Waals surface area contributed by atoms with E-state index in [1.807, 2.05) is 29.7 Å². The first-order chi connectivity index (χ1) is 14.0. The van der Waals surface area contributed by atoms with Gasteiger partial charge in [0, 0.05) is 24.0 Å². The van der Waals surface area contributed by atoms with E-state index in [1.54, 1.807) is 31.3 Å². The van der Waals surface area contributed by atoms with E-state index >= 15 is 0 Å². The van der Waals surface area contributed by atoms with Crippen molar-refractivity contribution in [1.82, 2.24) is 9.55 Å². The fourth-order valence-corrected chi connectivity index (χ4v) is 3.28. The second-order valence-corrected chi connectivity index (χ2v) is 6.74. The molecule has 0 N–H and O–H groups in total. The van der Waals surface area contributed by atoms with Crippen LogP contribution in [0.5, 0.6) is 0 Å². The number of nitrogens with zero attached hydrogens (tertiary/aromatic N) is 3. The van der Waals surface area contributed by atoms with E-state index < -0.39 is 5.97 Å². The first-order valence-electron chi connectivity index (χ1n) is 8.95. The van der Waals surface area contributed by atoms with Crippen LogP contribution in [0, 0.1) is 18.3 Å². The summed E-state index contributed by atoms with van der Waals surface area (Å²) < 4.78 is 6.86. The lowest BCUT2D eigenvalue weighted by Gasteiger charge is -2.11. The van der Waals surface area contributed by atoms with Crippen LogP contribution in [0.15, 0.2) is 42.6 Å². The number of ether oxygens (including phenoxy) is 1.